The number of rotatable bonds is 5. The summed E-state index contributed by atoms with van der Waals surface area (Å²) in [5.41, 5.74) is 4.51. The first-order chi connectivity index (χ1) is 15.2. The summed E-state index contributed by atoms with van der Waals surface area (Å²) in [4.78, 5) is 9.09. The Morgan fingerprint density at radius 3 is 2.90 bits per heavy atom. The molecule has 2 N–H and O–H groups in total. The molecule has 7 nitrogen and oxygen atoms in total. The Labute approximate surface area is 180 Å². The molecule has 3 heterocycles. The van der Waals surface area contributed by atoms with Crippen molar-refractivity contribution in [3.8, 4) is 29.2 Å². The van der Waals surface area contributed by atoms with Gasteiger partial charge in [0.25, 0.3) is 0 Å². The highest BCUT2D eigenvalue weighted by Gasteiger charge is 2.17. The number of terminal acetylenes is 1. The average Bonchev–Trinajstić information content (AvgIpc) is 3.45. The molecule has 1 aliphatic heterocycles. The van der Waals surface area contributed by atoms with Crippen molar-refractivity contribution in [1.82, 2.24) is 25.1 Å². The van der Waals surface area contributed by atoms with E-state index in [1.807, 2.05) is 55.8 Å². The van der Waals surface area contributed by atoms with Gasteiger partial charge in [0.15, 0.2) is 0 Å². The van der Waals surface area contributed by atoms with Crippen LogP contribution in [0.15, 0.2) is 55.0 Å². The number of aromatic nitrogens is 4. The second kappa shape index (κ2) is 8.09. The van der Waals surface area contributed by atoms with Crippen molar-refractivity contribution < 1.29 is 4.74 Å². The van der Waals surface area contributed by atoms with Crippen molar-refractivity contribution in [2.75, 3.05) is 18.4 Å². The van der Waals surface area contributed by atoms with Gasteiger partial charge in [-0.2, -0.15) is 5.10 Å². The Kier molecular flexibility index (Phi) is 4.98. The van der Waals surface area contributed by atoms with Gasteiger partial charge >= 0.3 is 0 Å². The zero-order chi connectivity index (χ0) is 21.2. The van der Waals surface area contributed by atoms with Crippen molar-refractivity contribution in [3.63, 3.8) is 0 Å². The smallest absolute Gasteiger partial charge is 0.227 e. The van der Waals surface area contributed by atoms with Crippen LogP contribution in [-0.4, -0.2) is 38.9 Å². The lowest BCUT2D eigenvalue weighted by atomic mass is 10.1. The predicted octanol–water partition coefficient (Wildman–Crippen LogP) is 3.50. The molecule has 0 amide bonds. The lowest BCUT2D eigenvalue weighted by molar-refractivity contribution is 0.223. The van der Waals surface area contributed by atoms with Gasteiger partial charge in [-0.1, -0.05) is 5.92 Å². The monoisotopic (exact) mass is 410 g/mol. The molecule has 4 aromatic rings. The number of ether oxygens (including phenoxy) is 1. The van der Waals surface area contributed by atoms with Gasteiger partial charge in [-0.3, -0.25) is 4.68 Å². The number of hydrogen-bond acceptors (Lipinski definition) is 6. The highest BCUT2D eigenvalue weighted by molar-refractivity contribution is 5.81. The van der Waals surface area contributed by atoms with Crippen LogP contribution in [0.1, 0.15) is 12.0 Å². The Hall–Kier alpha value is -3.89. The van der Waals surface area contributed by atoms with Crippen LogP contribution in [0.25, 0.3) is 22.0 Å². The molecule has 5 rings (SSSR count). The molecular weight excluding hydrogens is 388 g/mol. The summed E-state index contributed by atoms with van der Waals surface area (Å²) < 4.78 is 8.01. The molecule has 2 aromatic carbocycles. The molecule has 31 heavy (non-hydrogen) atoms. The van der Waals surface area contributed by atoms with Gasteiger partial charge in [-0.05, 0) is 48.9 Å². The Morgan fingerprint density at radius 2 is 2.13 bits per heavy atom. The lowest BCUT2D eigenvalue weighted by Gasteiger charge is -2.15. The van der Waals surface area contributed by atoms with E-state index < -0.39 is 0 Å². The van der Waals surface area contributed by atoms with Crippen molar-refractivity contribution >= 4 is 22.5 Å². The summed E-state index contributed by atoms with van der Waals surface area (Å²) in [6, 6.07) is 11.8. The van der Waals surface area contributed by atoms with E-state index in [0.717, 1.165) is 58.5 Å². The zero-order valence-corrected chi connectivity index (χ0v) is 17.2. The van der Waals surface area contributed by atoms with Crippen molar-refractivity contribution in [2.45, 2.75) is 12.5 Å². The Morgan fingerprint density at radius 1 is 1.19 bits per heavy atom. The highest BCUT2D eigenvalue weighted by atomic mass is 16.5. The van der Waals surface area contributed by atoms with E-state index in [2.05, 4.69) is 31.6 Å². The predicted molar refractivity (Wildman–Crippen MR) is 121 cm³/mol. The summed E-state index contributed by atoms with van der Waals surface area (Å²) in [5, 5.41) is 11.9. The second-order valence-electron chi connectivity index (χ2n) is 7.62. The zero-order valence-electron chi connectivity index (χ0n) is 17.2. The SMILES string of the molecule is C#Cc1ccc2nc(Nc3cc(OC4CCNC4)cc(-c4cnn(C)c4)c3)ncc2c1. The number of hydrogen-bond donors (Lipinski definition) is 2. The normalized spacial score (nSPS) is 15.7. The van der Waals surface area contributed by atoms with Crippen LogP contribution < -0.4 is 15.4 Å². The van der Waals surface area contributed by atoms with Gasteiger partial charge in [0.1, 0.15) is 11.9 Å². The molecular formula is C24H22N6O. The first kappa shape index (κ1) is 19.1. The molecule has 1 fully saturated rings. The first-order valence-corrected chi connectivity index (χ1v) is 10.2. The van der Waals surface area contributed by atoms with E-state index in [9.17, 15) is 0 Å². The number of aryl methyl sites for hydroxylation is 1. The molecule has 1 aliphatic rings. The fourth-order valence-electron chi connectivity index (χ4n) is 3.71. The molecule has 0 spiro atoms. The highest BCUT2D eigenvalue weighted by Crippen LogP contribution is 2.31. The van der Waals surface area contributed by atoms with Crippen LogP contribution in [0.2, 0.25) is 0 Å². The van der Waals surface area contributed by atoms with Crippen LogP contribution in [0.3, 0.4) is 0 Å². The maximum absolute atomic E-state index is 6.23. The topological polar surface area (TPSA) is 76.9 Å². The summed E-state index contributed by atoms with van der Waals surface area (Å²) in [6.07, 6.45) is 12.2. The number of benzene rings is 2. The Balaban J connectivity index is 1.48. The quantitative estimate of drug-likeness (QED) is 0.491. The minimum atomic E-state index is 0.166. The number of fused-ring (bicyclic) bond motifs is 1. The summed E-state index contributed by atoms with van der Waals surface area (Å²) in [5.74, 6) is 3.95. The van der Waals surface area contributed by atoms with Gasteiger partial charge in [-0.15, -0.1) is 6.42 Å². The maximum Gasteiger partial charge on any atom is 0.227 e. The van der Waals surface area contributed by atoms with Crippen molar-refractivity contribution in [1.29, 1.82) is 0 Å². The fourth-order valence-corrected chi connectivity index (χ4v) is 3.71. The molecule has 1 saturated heterocycles. The first-order valence-electron chi connectivity index (χ1n) is 10.2. The van der Waals surface area contributed by atoms with Crippen molar-refractivity contribution in [2.24, 2.45) is 7.05 Å². The van der Waals surface area contributed by atoms with E-state index in [-0.39, 0.29) is 6.10 Å². The second-order valence-corrected chi connectivity index (χ2v) is 7.62. The molecule has 0 bridgehead atoms. The summed E-state index contributed by atoms with van der Waals surface area (Å²) in [6.45, 7) is 1.83. The molecule has 0 saturated carbocycles. The molecule has 0 radical (unpaired) electrons. The van der Waals surface area contributed by atoms with Crippen LogP contribution in [-0.2, 0) is 7.05 Å². The van der Waals surface area contributed by atoms with E-state index in [1.54, 1.807) is 10.9 Å². The van der Waals surface area contributed by atoms with Gasteiger partial charge in [-0.25, -0.2) is 9.97 Å². The standard InChI is InChI=1S/C24H22N6O/c1-3-16-4-5-23-18(8-16)12-26-24(29-23)28-20-9-17(19-13-27-30(2)15-19)10-22(11-20)31-21-6-7-25-14-21/h1,4-5,8-13,15,21,25H,6-7,14H2,2H3,(H,26,28,29). The fraction of sp³-hybridized carbons (Fsp3) is 0.208. The minimum absolute atomic E-state index is 0.166. The average molecular weight is 410 g/mol. The summed E-state index contributed by atoms with van der Waals surface area (Å²) >= 11 is 0. The minimum Gasteiger partial charge on any atom is -0.489 e. The Bertz CT molecular complexity index is 1280. The molecule has 154 valence electrons. The molecule has 1 unspecified atom stereocenters. The summed E-state index contributed by atoms with van der Waals surface area (Å²) in [7, 11) is 1.90. The van der Waals surface area contributed by atoms with Crippen molar-refractivity contribution in [3.05, 3.63) is 60.6 Å². The number of nitrogens with one attached hydrogen (secondary N) is 2. The molecule has 1 atom stereocenters. The molecule has 2 aromatic heterocycles. The van der Waals surface area contributed by atoms with Gasteiger partial charge in [0.05, 0.1) is 11.7 Å². The maximum atomic E-state index is 6.23. The van der Waals surface area contributed by atoms with E-state index in [4.69, 9.17) is 11.2 Å². The van der Waals surface area contributed by atoms with Gasteiger partial charge < -0.3 is 15.4 Å². The third-order valence-corrected chi connectivity index (χ3v) is 5.27. The number of anilines is 2. The third kappa shape index (κ3) is 4.20. The van der Waals surface area contributed by atoms with E-state index in [0.29, 0.717) is 5.95 Å². The van der Waals surface area contributed by atoms with E-state index >= 15 is 0 Å². The molecule has 7 heteroatoms. The number of nitrogens with zero attached hydrogens (tertiary/aromatic N) is 4. The molecule has 0 aliphatic carbocycles. The third-order valence-electron chi connectivity index (χ3n) is 5.27. The van der Waals surface area contributed by atoms with Crippen LogP contribution in [0.5, 0.6) is 5.75 Å². The van der Waals surface area contributed by atoms with Gasteiger partial charge in [0.2, 0.25) is 5.95 Å². The van der Waals surface area contributed by atoms with E-state index in [1.165, 1.54) is 0 Å². The van der Waals surface area contributed by atoms with Crippen LogP contribution in [0.4, 0.5) is 11.6 Å². The lowest BCUT2D eigenvalue weighted by Crippen LogP contribution is -2.19. The van der Waals surface area contributed by atoms with Gasteiger partial charge in [0, 0.05) is 54.3 Å². The van der Waals surface area contributed by atoms with Crippen LogP contribution >= 0.6 is 0 Å². The van der Waals surface area contributed by atoms with Crippen LogP contribution in [0, 0.1) is 12.3 Å². The largest absolute Gasteiger partial charge is 0.489 e.